The maximum Gasteiger partial charge on any atom is 0.259 e. The van der Waals surface area contributed by atoms with Crippen molar-refractivity contribution in [2.75, 3.05) is 0 Å². The first-order chi connectivity index (χ1) is 5.54. The predicted octanol–water partition coefficient (Wildman–Crippen LogP) is 1.45. The maximum atomic E-state index is 12.2. The smallest absolute Gasteiger partial charge is 0.259 e. The van der Waals surface area contributed by atoms with Crippen molar-refractivity contribution >= 4 is 15.9 Å². The van der Waals surface area contributed by atoms with Gasteiger partial charge in [0, 0.05) is 7.05 Å². The van der Waals surface area contributed by atoms with Crippen LogP contribution in [0.25, 0.3) is 0 Å². The molecule has 0 bridgehead atoms. The van der Waals surface area contributed by atoms with Crippen molar-refractivity contribution in [1.29, 1.82) is 0 Å². The van der Waals surface area contributed by atoms with E-state index in [1.54, 1.807) is 7.05 Å². The quantitative estimate of drug-likeness (QED) is 0.850. The molecule has 12 heavy (non-hydrogen) atoms. The summed E-state index contributed by atoms with van der Waals surface area (Å²) in [6.45, 7) is 0. The first-order valence-electron chi connectivity index (χ1n) is 3.25. The minimum absolute atomic E-state index is 0.310. The fraction of sp³-hybridized carbons (Fsp3) is 0.500. The van der Waals surface area contributed by atoms with Crippen molar-refractivity contribution in [3.8, 4) is 0 Å². The Balaban J connectivity index is 3.00. The Morgan fingerprint density at radius 1 is 1.67 bits per heavy atom. The van der Waals surface area contributed by atoms with Crippen LogP contribution in [0.5, 0.6) is 0 Å². The fourth-order valence-corrected chi connectivity index (χ4v) is 1.53. The molecule has 1 rings (SSSR count). The van der Waals surface area contributed by atoms with Crippen molar-refractivity contribution in [2.45, 2.75) is 12.5 Å². The Hall–Kier alpha value is -0.490. The van der Waals surface area contributed by atoms with Gasteiger partial charge in [0.2, 0.25) is 0 Å². The van der Waals surface area contributed by atoms with E-state index >= 15 is 0 Å². The molecule has 1 unspecified atom stereocenters. The van der Waals surface area contributed by atoms with Crippen LogP contribution in [-0.2, 0) is 7.05 Å². The van der Waals surface area contributed by atoms with E-state index in [1.807, 2.05) is 0 Å². The van der Waals surface area contributed by atoms with Crippen LogP contribution in [0.4, 0.5) is 8.78 Å². The molecular formula is C6H8BrF2N3. The highest BCUT2D eigenvalue weighted by molar-refractivity contribution is 9.10. The van der Waals surface area contributed by atoms with Crippen LogP contribution in [0.15, 0.2) is 10.7 Å². The molecule has 1 aromatic rings. The van der Waals surface area contributed by atoms with Gasteiger partial charge in [0.05, 0.1) is 16.4 Å². The number of aromatic nitrogens is 2. The third-order valence-electron chi connectivity index (χ3n) is 1.52. The molecule has 1 heterocycles. The highest BCUT2D eigenvalue weighted by Crippen LogP contribution is 2.24. The standard InChI is InChI=1S/C6H8BrF2N3/c1-12-5(3(7)2-11-12)4(10)6(8)9/h2,4,6H,10H2,1H3. The SMILES string of the molecule is Cn1ncc(Br)c1C(N)C(F)F. The summed E-state index contributed by atoms with van der Waals surface area (Å²) in [5.41, 5.74) is 5.55. The third-order valence-corrected chi connectivity index (χ3v) is 2.14. The van der Waals surface area contributed by atoms with Gasteiger partial charge in [-0.3, -0.25) is 4.68 Å². The van der Waals surface area contributed by atoms with E-state index in [-0.39, 0.29) is 0 Å². The molecule has 0 fully saturated rings. The third kappa shape index (κ3) is 1.64. The maximum absolute atomic E-state index is 12.2. The first kappa shape index (κ1) is 9.60. The fourth-order valence-electron chi connectivity index (χ4n) is 0.914. The van der Waals surface area contributed by atoms with E-state index in [2.05, 4.69) is 21.0 Å². The zero-order valence-corrected chi connectivity index (χ0v) is 7.92. The Morgan fingerprint density at radius 3 is 2.58 bits per heavy atom. The number of halogens is 3. The van der Waals surface area contributed by atoms with Crippen LogP contribution >= 0.6 is 15.9 Å². The van der Waals surface area contributed by atoms with Crippen LogP contribution in [0.1, 0.15) is 11.7 Å². The van der Waals surface area contributed by atoms with Crippen molar-refractivity contribution in [2.24, 2.45) is 12.8 Å². The highest BCUT2D eigenvalue weighted by atomic mass is 79.9. The van der Waals surface area contributed by atoms with E-state index in [0.717, 1.165) is 0 Å². The molecule has 3 nitrogen and oxygen atoms in total. The van der Waals surface area contributed by atoms with Gasteiger partial charge in [-0.1, -0.05) is 0 Å². The van der Waals surface area contributed by atoms with Crippen molar-refractivity contribution in [3.63, 3.8) is 0 Å². The molecule has 0 spiro atoms. The van der Waals surface area contributed by atoms with Gasteiger partial charge in [0.1, 0.15) is 6.04 Å². The molecule has 0 aliphatic heterocycles. The van der Waals surface area contributed by atoms with Gasteiger partial charge in [-0.05, 0) is 15.9 Å². The van der Waals surface area contributed by atoms with Gasteiger partial charge in [0.15, 0.2) is 0 Å². The summed E-state index contributed by atoms with van der Waals surface area (Å²) in [4.78, 5) is 0. The van der Waals surface area contributed by atoms with E-state index in [1.165, 1.54) is 10.9 Å². The highest BCUT2D eigenvalue weighted by Gasteiger charge is 2.23. The summed E-state index contributed by atoms with van der Waals surface area (Å²) in [6, 6.07) is -1.29. The molecule has 0 amide bonds. The zero-order valence-electron chi connectivity index (χ0n) is 6.34. The first-order valence-corrected chi connectivity index (χ1v) is 4.04. The lowest BCUT2D eigenvalue weighted by Crippen LogP contribution is -2.22. The van der Waals surface area contributed by atoms with Gasteiger partial charge in [0.25, 0.3) is 6.43 Å². The van der Waals surface area contributed by atoms with Crippen molar-refractivity contribution < 1.29 is 8.78 Å². The second kappa shape index (κ2) is 3.49. The molecule has 0 aliphatic rings. The Bertz CT molecular complexity index is 254. The van der Waals surface area contributed by atoms with E-state index < -0.39 is 12.5 Å². The summed E-state index contributed by atoms with van der Waals surface area (Å²) in [6.07, 6.45) is -1.13. The number of alkyl halides is 2. The predicted molar refractivity (Wildman–Crippen MR) is 43.8 cm³/mol. The lowest BCUT2D eigenvalue weighted by molar-refractivity contribution is 0.112. The lowest BCUT2D eigenvalue weighted by atomic mass is 10.2. The molecule has 0 aliphatic carbocycles. The van der Waals surface area contributed by atoms with Crippen LogP contribution in [0, 0.1) is 0 Å². The molecule has 1 aromatic heterocycles. The Labute approximate surface area is 76.7 Å². The summed E-state index contributed by atoms with van der Waals surface area (Å²) < 4.78 is 26.2. The van der Waals surface area contributed by atoms with E-state index in [9.17, 15) is 8.78 Å². The second-order valence-corrected chi connectivity index (χ2v) is 3.22. The number of nitrogens with two attached hydrogens (primary N) is 1. The van der Waals surface area contributed by atoms with Gasteiger partial charge in [-0.15, -0.1) is 0 Å². The molecule has 0 saturated carbocycles. The number of aryl methyl sites for hydroxylation is 1. The second-order valence-electron chi connectivity index (χ2n) is 2.36. The monoisotopic (exact) mass is 239 g/mol. The van der Waals surface area contributed by atoms with Crippen LogP contribution in [0.3, 0.4) is 0 Å². The molecule has 6 heteroatoms. The Morgan fingerprint density at radius 2 is 2.25 bits per heavy atom. The number of hydrogen-bond donors (Lipinski definition) is 1. The number of nitrogens with zero attached hydrogens (tertiary/aromatic N) is 2. The molecule has 0 aromatic carbocycles. The minimum atomic E-state index is -2.57. The van der Waals surface area contributed by atoms with Crippen LogP contribution in [0.2, 0.25) is 0 Å². The largest absolute Gasteiger partial charge is 0.318 e. The summed E-state index contributed by atoms with van der Waals surface area (Å²) >= 11 is 3.09. The minimum Gasteiger partial charge on any atom is -0.318 e. The molecule has 0 radical (unpaired) electrons. The zero-order chi connectivity index (χ0) is 9.30. The molecule has 68 valence electrons. The van der Waals surface area contributed by atoms with Crippen LogP contribution in [-0.4, -0.2) is 16.2 Å². The number of hydrogen-bond acceptors (Lipinski definition) is 2. The molecule has 0 saturated heterocycles. The van der Waals surface area contributed by atoms with Gasteiger partial charge in [-0.25, -0.2) is 8.78 Å². The lowest BCUT2D eigenvalue weighted by Gasteiger charge is -2.10. The van der Waals surface area contributed by atoms with Crippen molar-refractivity contribution in [1.82, 2.24) is 9.78 Å². The topological polar surface area (TPSA) is 43.8 Å². The average Bonchev–Trinajstić information content (AvgIpc) is 2.30. The summed E-state index contributed by atoms with van der Waals surface area (Å²) in [5, 5.41) is 3.78. The normalized spacial score (nSPS) is 13.8. The summed E-state index contributed by atoms with van der Waals surface area (Å²) in [5.74, 6) is 0. The van der Waals surface area contributed by atoms with Gasteiger partial charge >= 0.3 is 0 Å². The Kier molecular flexibility index (Phi) is 2.79. The van der Waals surface area contributed by atoms with Gasteiger partial charge in [-0.2, -0.15) is 5.10 Å². The van der Waals surface area contributed by atoms with Crippen LogP contribution < -0.4 is 5.73 Å². The van der Waals surface area contributed by atoms with Crippen molar-refractivity contribution in [3.05, 3.63) is 16.4 Å². The number of rotatable bonds is 2. The van der Waals surface area contributed by atoms with E-state index in [0.29, 0.717) is 10.2 Å². The molecule has 2 N–H and O–H groups in total. The van der Waals surface area contributed by atoms with E-state index in [4.69, 9.17) is 5.73 Å². The average molecular weight is 240 g/mol. The van der Waals surface area contributed by atoms with Gasteiger partial charge < -0.3 is 5.73 Å². The molecule has 1 atom stereocenters. The summed E-state index contributed by atoms with van der Waals surface area (Å²) in [7, 11) is 1.57. The molecular weight excluding hydrogens is 232 g/mol.